The van der Waals surface area contributed by atoms with E-state index in [1.54, 1.807) is 18.2 Å². The van der Waals surface area contributed by atoms with Crippen molar-refractivity contribution in [3.8, 4) is 17.1 Å². The number of nitrogens with one attached hydrogen (secondary N) is 1. The molecule has 0 bridgehead atoms. The first kappa shape index (κ1) is 22.8. The molecule has 0 radical (unpaired) electrons. The highest BCUT2D eigenvalue weighted by molar-refractivity contribution is 7.99. The molecule has 1 N–H and O–H groups in total. The molecule has 0 fully saturated rings. The fourth-order valence-electron chi connectivity index (χ4n) is 2.70. The Kier molecular flexibility index (Phi) is 8.49. The summed E-state index contributed by atoms with van der Waals surface area (Å²) in [7, 11) is 0. The lowest BCUT2D eigenvalue weighted by Crippen LogP contribution is -2.15. The van der Waals surface area contributed by atoms with E-state index < -0.39 is 0 Å². The van der Waals surface area contributed by atoms with Crippen LogP contribution in [-0.4, -0.2) is 38.0 Å². The molecule has 2 heterocycles. The van der Waals surface area contributed by atoms with Crippen molar-refractivity contribution in [1.29, 1.82) is 0 Å². The second-order valence-corrected chi connectivity index (χ2v) is 8.01. The van der Waals surface area contributed by atoms with E-state index in [-0.39, 0.29) is 11.7 Å². The van der Waals surface area contributed by atoms with Crippen molar-refractivity contribution in [2.45, 2.75) is 31.5 Å². The van der Waals surface area contributed by atoms with Crippen molar-refractivity contribution >= 4 is 35.1 Å². The molecule has 31 heavy (non-hydrogen) atoms. The van der Waals surface area contributed by atoms with Gasteiger partial charge in [0, 0.05) is 18.3 Å². The fraction of sp³-hybridized carbons (Fsp3) is 0.273. The van der Waals surface area contributed by atoms with Gasteiger partial charge in [-0.1, -0.05) is 42.8 Å². The summed E-state index contributed by atoms with van der Waals surface area (Å²) >= 11 is 7.11. The van der Waals surface area contributed by atoms with Crippen LogP contribution in [0.4, 0.5) is 5.82 Å². The minimum atomic E-state index is -0.192. The van der Waals surface area contributed by atoms with Crippen LogP contribution >= 0.6 is 23.4 Å². The smallest absolute Gasteiger partial charge is 0.236 e. The predicted molar refractivity (Wildman–Crippen MR) is 125 cm³/mol. The van der Waals surface area contributed by atoms with Crippen molar-refractivity contribution in [2.24, 2.45) is 0 Å². The first-order chi connectivity index (χ1) is 15.1. The number of hydrogen-bond donors (Lipinski definition) is 1. The number of rotatable bonds is 11. The van der Waals surface area contributed by atoms with Crippen LogP contribution in [0.3, 0.4) is 0 Å². The zero-order chi connectivity index (χ0) is 22.1. The van der Waals surface area contributed by atoms with Gasteiger partial charge in [-0.3, -0.25) is 9.36 Å². The van der Waals surface area contributed by atoms with E-state index in [1.807, 2.05) is 28.8 Å². The maximum absolute atomic E-state index is 12.3. The van der Waals surface area contributed by atoms with Gasteiger partial charge in [-0.15, -0.1) is 16.8 Å². The Morgan fingerprint density at radius 3 is 2.74 bits per heavy atom. The molecule has 1 amide bonds. The number of nitrogens with zero attached hydrogens (tertiary/aromatic N) is 4. The molecule has 0 aliphatic heterocycles. The summed E-state index contributed by atoms with van der Waals surface area (Å²) in [5.41, 5.74) is 0.916. The highest BCUT2D eigenvalue weighted by Crippen LogP contribution is 2.26. The Bertz CT molecular complexity index is 1010. The molecule has 0 unspecified atom stereocenters. The summed E-state index contributed by atoms with van der Waals surface area (Å²) in [6.45, 7) is 7.19. The maximum Gasteiger partial charge on any atom is 0.236 e. The van der Waals surface area contributed by atoms with Crippen LogP contribution in [0, 0.1) is 0 Å². The summed E-state index contributed by atoms with van der Waals surface area (Å²) in [5, 5.41) is 12.5. The van der Waals surface area contributed by atoms with Gasteiger partial charge in [-0.25, -0.2) is 4.98 Å². The summed E-state index contributed by atoms with van der Waals surface area (Å²) in [6.07, 6.45) is 5.38. The van der Waals surface area contributed by atoms with Crippen LogP contribution in [-0.2, 0) is 11.3 Å². The van der Waals surface area contributed by atoms with Crippen molar-refractivity contribution in [3.05, 3.63) is 60.3 Å². The van der Waals surface area contributed by atoms with Crippen molar-refractivity contribution < 1.29 is 9.53 Å². The largest absolute Gasteiger partial charge is 0.494 e. The van der Waals surface area contributed by atoms with E-state index in [9.17, 15) is 4.79 Å². The molecular weight excluding hydrogens is 434 g/mol. The van der Waals surface area contributed by atoms with Crippen LogP contribution in [0.2, 0.25) is 5.02 Å². The second-order valence-electron chi connectivity index (χ2n) is 6.63. The SMILES string of the molecule is C=CCn1c(SCC(=O)Nc2ccc(Cl)cn2)nnc1-c1ccc(OCCCC)cc1. The number of aromatic nitrogens is 4. The minimum Gasteiger partial charge on any atom is -0.494 e. The molecule has 1 aromatic carbocycles. The number of hydrogen-bond acceptors (Lipinski definition) is 6. The van der Waals surface area contributed by atoms with Gasteiger partial charge in [0.05, 0.1) is 17.4 Å². The zero-order valence-electron chi connectivity index (χ0n) is 17.3. The average molecular weight is 458 g/mol. The molecule has 7 nitrogen and oxygen atoms in total. The Hall–Kier alpha value is -2.84. The fourth-order valence-corrected chi connectivity index (χ4v) is 3.56. The molecule has 2 aromatic heterocycles. The van der Waals surface area contributed by atoms with Gasteiger partial charge in [-0.05, 0) is 42.8 Å². The highest BCUT2D eigenvalue weighted by atomic mass is 35.5. The molecule has 3 aromatic rings. The van der Waals surface area contributed by atoms with Gasteiger partial charge in [0.2, 0.25) is 5.91 Å². The topological polar surface area (TPSA) is 81.9 Å². The number of halogens is 1. The van der Waals surface area contributed by atoms with Crippen molar-refractivity contribution in [2.75, 3.05) is 17.7 Å². The predicted octanol–water partition coefficient (Wildman–Crippen LogP) is 5.09. The second kappa shape index (κ2) is 11.5. The summed E-state index contributed by atoms with van der Waals surface area (Å²) < 4.78 is 7.65. The number of allylic oxidation sites excluding steroid dienone is 1. The van der Waals surface area contributed by atoms with Crippen LogP contribution in [0.1, 0.15) is 19.8 Å². The monoisotopic (exact) mass is 457 g/mol. The normalized spacial score (nSPS) is 10.6. The number of anilines is 1. The van der Waals surface area contributed by atoms with Gasteiger partial charge in [0.15, 0.2) is 11.0 Å². The van der Waals surface area contributed by atoms with Gasteiger partial charge < -0.3 is 10.1 Å². The van der Waals surface area contributed by atoms with Crippen LogP contribution < -0.4 is 10.1 Å². The van der Waals surface area contributed by atoms with E-state index in [0.717, 1.165) is 24.2 Å². The lowest BCUT2D eigenvalue weighted by molar-refractivity contribution is -0.113. The van der Waals surface area contributed by atoms with Crippen LogP contribution in [0.15, 0.2) is 60.4 Å². The maximum atomic E-state index is 12.3. The summed E-state index contributed by atoms with van der Waals surface area (Å²) in [6, 6.07) is 11.1. The third-order valence-electron chi connectivity index (χ3n) is 4.23. The number of carbonyl (C=O) groups excluding carboxylic acids is 1. The van der Waals surface area contributed by atoms with E-state index >= 15 is 0 Å². The number of amides is 1. The van der Waals surface area contributed by atoms with Crippen molar-refractivity contribution in [3.63, 3.8) is 0 Å². The third-order valence-corrected chi connectivity index (χ3v) is 5.43. The minimum absolute atomic E-state index is 0.170. The standard InChI is InChI=1S/C22H24ClN5O2S/c1-3-5-13-30-18-9-6-16(7-10-18)21-26-27-22(28(21)12-4-2)31-15-20(29)25-19-11-8-17(23)14-24-19/h4,6-11,14H,2-3,5,12-13,15H2,1H3,(H,24,25,29). The van der Waals surface area contributed by atoms with E-state index in [4.69, 9.17) is 16.3 Å². The number of benzene rings is 1. The lowest BCUT2D eigenvalue weighted by atomic mass is 10.2. The molecular formula is C22H24ClN5O2S. The Labute approximate surface area is 190 Å². The quantitative estimate of drug-likeness (QED) is 0.245. The number of ether oxygens (including phenoxy) is 1. The molecule has 0 atom stereocenters. The van der Waals surface area contributed by atoms with Gasteiger partial charge >= 0.3 is 0 Å². The molecule has 9 heteroatoms. The van der Waals surface area contributed by atoms with Crippen LogP contribution in [0.25, 0.3) is 11.4 Å². The van der Waals surface area contributed by atoms with Gasteiger partial charge in [0.1, 0.15) is 11.6 Å². The first-order valence-corrected chi connectivity index (χ1v) is 11.3. The van der Waals surface area contributed by atoms with Gasteiger partial charge in [-0.2, -0.15) is 0 Å². The molecule has 162 valence electrons. The summed E-state index contributed by atoms with van der Waals surface area (Å²) in [4.78, 5) is 16.3. The molecule has 3 rings (SSSR count). The number of thioether (sulfide) groups is 1. The Morgan fingerprint density at radius 1 is 1.26 bits per heavy atom. The van der Waals surface area contributed by atoms with Crippen molar-refractivity contribution in [1.82, 2.24) is 19.7 Å². The average Bonchev–Trinajstić information content (AvgIpc) is 3.17. The molecule has 0 aliphatic rings. The lowest BCUT2D eigenvalue weighted by Gasteiger charge is -2.09. The zero-order valence-corrected chi connectivity index (χ0v) is 18.8. The third kappa shape index (κ3) is 6.57. The van der Waals surface area contributed by atoms with Gasteiger partial charge in [0.25, 0.3) is 0 Å². The number of unbranched alkanes of at least 4 members (excludes halogenated alkanes) is 1. The molecule has 0 saturated heterocycles. The summed E-state index contributed by atoms with van der Waals surface area (Å²) in [5.74, 6) is 1.97. The first-order valence-electron chi connectivity index (χ1n) is 9.92. The molecule has 0 aliphatic carbocycles. The molecule has 0 saturated carbocycles. The van der Waals surface area contributed by atoms with E-state index in [1.165, 1.54) is 18.0 Å². The Morgan fingerprint density at radius 2 is 2.06 bits per heavy atom. The Balaban J connectivity index is 1.66. The van der Waals surface area contributed by atoms with E-state index in [0.29, 0.717) is 35.0 Å². The molecule has 0 spiro atoms. The highest BCUT2D eigenvalue weighted by Gasteiger charge is 2.15. The van der Waals surface area contributed by atoms with Crippen LogP contribution in [0.5, 0.6) is 5.75 Å². The number of carbonyl (C=O) groups is 1. The number of pyridine rings is 1. The van der Waals surface area contributed by atoms with E-state index in [2.05, 4.69) is 34.0 Å².